The lowest BCUT2D eigenvalue weighted by molar-refractivity contribution is -0.130. The number of fused-ring (bicyclic) bond motifs is 1. The van der Waals surface area contributed by atoms with E-state index in [0.29, 0.717) is 17.0 Å². The number of amides is 1. The number of H-pyrrole nitrogens is 1. The van der Waals surface area contributed by atoms with E-state index in [1.54, 1.807) is 19.1 Å². The highest BCUT2D eigenvalue weighted by atomic mass is 32.2. The molecule has 0 aliphatic heterocycles. The van der Waals surface area contributed by atoms with E-state index in [9.17, 15) is 9.59 Å². The summed E-state index contributed by atoms with van der Waals surface area (Å²) < 4.78 is 5.43. The highest BCUT2D eigenvalue weighted by Gasteiger charge is 2.25. The number of aromatic nitrogens is 2. The molecular formula is C22H27N3O3S2. The third kappa shape index (κ3) is 4.39. The summed E-state index contributed by atoms with van der Waals surface area (Å²) in [5.41, 5.74) is 1.84. The molecule has 30 heavy (non-hydrogen) atoms. The van der Waals surface area contributed by atoms with Gasteiger partial charge in [-0.1, -0.05) is 18.2 Å². The zero-order valence-electron chi connectivity index (χ0n) is 18.1. The maximum atomic E-state index is 13.0. The summed E-state index contributed by atoms with van der Waals surface area (Å²) in [6, 6.07) is 7.60. The number of hydrogen-bond acceptors (Lipinski definition) is 6. The molecule has 160 valence electrons. The number of benzene rings is 1. The van der Waals surface area contributed by atoms with E-state index in [2.05, 4.69) is 9.97 Å². The van der Waals surface area contributed by atoms with E-state index >= 15 is 0 Å². The molecule has 3 aromatic rings. The Bertz CT molecular complexity index is 1120. The fraction of sp³-hybridized carbons (Fsp3) is 0.409. The molecule has 0 bridgehead atoms. The molecule has 2 heterocycles. The summed E-state index contributed by atoms with van der Waals surface area (Å²) in [6.45, 7) is 7.81. The van der Waals surface area contributed by atoms with Crippen molar-refractivity contribution in [2.24, 2.45) is 0 Å². The van der Waals surface area contributed by atoms with Gasteiger partial charge in [0.15, 0.2) is 0 Å². The van der Waals surface area contributed by atoms with Crippen LogP contribution in [0, 0.1) is 13.8 Å². The van der Waals surface area contributed by atoms with Crippen LogP contribution in [-0.2, 0) is 10.5 Å². The number of hydrogen-bond donors (Lipinski definition) is 1. The number of nitrogens with one attached hydrogen (secondary N) is 1. The van der Waals surface area contributed by atoms with E-state index in [4.69, 9.17) is 4.74 Å². The van der Waals surface area contributed by atoms with Crippen LogP contribution in [-0.4, -0.2) is 40.2 Å². The zero-order chi connectivity index (χ0) is 22.0. The number of carbonyl (C=O) groups excluding carboxylic acids is 1. The second-order valence-corrected chi connectivity index (χ2v) is 9.83. The molecule has 2 atom stereocenters. The molecule has 0 saturated heterocycles. The number of ether oxygens (including phenoxy) is 1. The predicted molar refractivity (Wildman–Crippen MR) is 125 cm³/mol. The number of thiophene rings is 1. The molecule has 3 rings (SSSR count). The summed E-state index contributed by atoms with van der Waals surface area (Å²) in [7, 11) is 3.44. The quantitative estimate of drug-likeness (QED) is 0.581. The van der Waals surface area contributed by atoms with Crippen LogP contribution in [0.5, 0.6) is 5.75 Å². The largest absolute Gasteiger partial charge is 0.496 e. The van der Waals surface area contributed by atoms with Crippen LogP contribution in [0.15, 0.2) is 29.1 Å². The first kappa shape index (κ1) is 22.4. The third-order valence-corrected chi connectivity index (χ3v) is 7.67. The van der Waals surface area contributed by atoms with Crippen LogP contribution in [0.4, 0.5) is 0 Å². The van der Waals surface area contributed by atoms with Gasteiger partial charge in [0.1, 0.15) is 16.4 Å². The second-order valence-electron chi connectivity index (χ2n) is 7.30. The summed E-state index contributed by atoms with van der Waals surface area (Å²) in [5, 5.41) is 0.390. The van der Waals surface area contributed by atoms with Crippen LogP contribution < -0.4 is 10.3 Å². The molecule has 0 saturated carbocycles. The topological polar surface area (TPSA) is 75.3 Å². The summed E-state index contributed by atoms with van der Waals surface area (Å²) in [4.78, 5) is 36.5. The van der Waals surface area contributed by atoms with Crippen molar-refractivity contribution in [1.82, 2.24) is 14.9 Å². The fourth-order valence-corrected chi connectivity index (χ4v) is 5.24. The van der Waals surface area contributed by atoms with Gasteiger partial charge in [0.2, 0.25) is 5.91 Å². The van der Waals surface area contributed by atoms with Crippen LogP contribution in [0.1, 0.15) is 41.7 Å². The van der Waals surface area contributed by atoms with Crippen molar-refractivity contribution in [3.63, 3.8) is 0 Å². The Morgan fingerprint density at radius 2 is 2.00 bits per heavy atom. The number of carbonyl (C=O) groups is 1. The molecule has 1 aromatic carbocycles. The smallest absolute Gasteiger partial charge is 0.259 e. The van der Waals surface area contributed by atoms with Gasteiger partial charge in [-0.05, 0) is 39.3 Å². The molecule has 0 fully saturated rings. The Hall–Kier alpha value is -2.32. The van der Waals surface area contributed by atoms with Crippen LogP contribution in [0.25, 0.3) is 10.2 Å². The third-order valence-electron chi connectivity index (χ3n) is 5.42. The number of aryl methyl sites for hydroxylation is 2. The van der Waals surface area contributed by atoms with Gasteiger partial charge in [0.05, 0.1) is 29.5 Å². The molecule has 0 radical (unpaired) electrons. The minimum absolute atomic E-state index is 0.0182. The van der Waals surface area contributed by atoms with Crippen molar-refractivity contribution in [1.29, 1.82) is 0 Å². The Kier molecular flexibility index (Phi) is 6.88. The molecule has 8 heteroatoms. The number of methoxy groups -OCH3 is 1. The van der Waals surface area contributed by atoms with Crippen LogP contribution in [0.2, 0.25) is 0 Å². The Labute approximate surface area is 184 Å². The van der Waals surface area contributed by atoms with Crippen LogP contribution >= 0.6 is 23.1 Å². The van der Waals surface area contributed by atoms with Gasteiger partial charge in [0.25, 0.3) is 5.56 Å². The van der Waals surface area contributed by atoms with Gasteiger partial charge in [-0.3, -0.25) is 9.59 Å². The minimum atomic E-state index is -0.278. The Morgan fingerprint density at radius 1 is 1.30 bits per heavy atom. The van der Waals surface area contributed by atoms with E-state index in [-0.39, 0.29) is 22.8 Å². The SMILES string of the molecule is COc1ccccc1C(C)N(C)C(=O)C(C)SCc1nc2sc(C)c(C)c2c(=O)[nH]1. The van der Waals surface area contributed by atoms with Gasteiger partial charge >= 0.3 is 0 Å². The molecule has 0 aliphatic carbocycles. The fourth-order valence-electron chi connectivity index (χ4n) is 3.34. The molecule has 6 nitrogen and oxygen atoms in total. The number of thioether (sulfide) groups is 1. The number of nitrogens with zero attached hydrogens (tertiary/aromatic N) is 2. The minimum Gasteiger partial charge on any atom is -0.496 e. The normalized spacial score (nSPS) is 13.3. The molecular weight excluding hydrogens is 418 g/mol. The number of rotatable bonds is 7. The van der Waals surface area contributed by atoms with Gasteiger partial charge in [-0.15, -0.1) is 23.1 Å². The van der Waals surface area contributed by atoms with Gasteiger partial charge in [0, 0.05) is 17.5 Å². The summed E-state index contributed by atoms with van der Waals surface area (Å²) in [6.07, 6.45) is 0. The number of aromatic amines is 1. The summed E-state index contributed by atoms with van der Waals surface area (Å²) >= 11 is 3.00. The Balaban J connectivity index is 1.70. The maximum Gasteiger partial charge on any atom is 0.259 e. The molecule has 2 aromatic heterocycles. The van der Waals surface area contributed by atoms with Crippen molar-refractivity contribution < 1.29 is 9.53 Å². The van der Waals surface area contributed by atoms with Crippen LogP contribution in [0.3, 0.4) is 0 Å². The van der Waals surface area contributed by atoms with Gasteiger partial charge in [-0.2, -0.15) is 0 Å². The average Bonchev–Trinajstić information content (AvgIpc) is 3.04. The van der Waals surface area contributed by atoms with E-state index in [1.165, 1.54) is 23.1 Å². The van der Waals surface area contributed by atoms with Crippen molar-refractivity contribution >= 4 is 39.2 Å². The van der Waals surface area contributed by atoms with Gasteiger partial charge < -0.3 is 14.6 Å². The maximum absolute atomic E-state index is 13.0. The lowest BCUT2D eigenvalue weighted by atomic mass is 10.1. The standard InChI is InChI=1S/C22H27N3O3S2/c1-12-14(3)30-21-19(12)20(26)23-18(24-21)11-29-15(4)22(27)25(5)13(2)16-9-7-8-10-17(16)28-6/h7-10,13,15H,11H2,1-6H3,(H,23,24,26). The van der Waals surface area contributed by atoms with Crippen molar-refractivity contribution in [3.8, 4) is 5.75 Å². The zero-order valence-corrected chi connectivity index (χ0v) is 19.7. The van der Waals surface area contributed by atoms with E-state index in [1.807, 2.05) is 52.0 Å². The number of para-hydroxylation sites is 1. The van der Waals surface area contributed by atoms with Gasteiger partial charge in [-0.25, -0.2) is 4.98 Å². The first-order valence-electron chi connectivity index (χ1n) is 9.74. The molecule has 1 amide bonds. The predicted octanol–water partition coefficient (Wildman–Crippen LogP) is 4.45. The molecule has 2 unspecified atom stereocenters. The summed E-state index contributed by atoms with van der Waals surface area (Å²) in [5.74, 6) is 1.84. The average molecular weight is 446 g/mol. The van der Waals surface area contributed by atoms with Crippen molar-refractivity contribution in [3.05, 3.63) is 56.4 Å². The second kappa shape index (κ2) is 9.22. The van der Waals surface area contributed by atoms with E-state index in [0.717, 1.165) is 26.6 Å². The first-order chi connectivity index (χ1) is 14.2. The highest BCUT2D eigenvalue weighted by Crippen LogP contribution is 2.30. The van der Waals surface area contributed by atoms with Crippen molar-refractivity contribution in [2.75, 3.05) is 14.2 Å². The monoisotopic (exact) mass is 445 g/mol. The first-order valence-corrected chi connectivity index (χ1v) is 11.6. The van der Waals surface area contributed by atoms with Crippen molar-refractivity contribution in [2.45, 2.75) is 44.7 Å². The molecule has 0 spiro atoms. The van der Waals surface area contributed by atoms with E-state index < -0.39 is 0 Å². The lowest BCUT2D eigenvalue weighted by Gasteiger charge is -2.28. The lowest BCUT2D eigenvalue weighted by Crippen LogP contribution is -2.35. The molecule has 1 N–H and O–H groups in total. The Morgan fingerprint density at radius 3 is 2.70 bits per heavy atom. The highest BCUT2D eigenvalue weighted by molar-refractivity contribution is 7.99. The molecule has 0 aliphatic rings.